The van der Waals surface area contributed by atoms with E-state index in [2.05, 4.69) is 5.32 Å². The van der Waals surface area contributed by atoms with Gasteiger partial charge in [0.15, 0.2) is 0 Å². The van der Waals surface area contributed by atoms with E-state index in [1.807, 2.05) is 17.5 Å². The SMILES string of the molecule is O=C(CC1CCCCN1S(=O)(=O)c1cccs1)NCc1cccs1. The Balaban J connectivity index is 1.65. The van der Waals surface area contributed by atoms with E-state index in [0.717, 1.165) is 24.1 Å². The molecule has 3 heterocycles. The molecule has 0 saturated carbocycles. The number of hydrogen-bond donors (Lipinski definition) is 1. The topological polar surface area (TPSA) is 66.5 Å². The summed E-state index contributed by atoms with van der Waals surface area (Å²) in [4.78, 5) is 13.3. The number of thiophene rings is 2. The van der Waals surface area contributed by atoms with E-state index in [4.69, 9.17) is 0 Å². The fourth-order valence-electron chi connectivity index (χ4n) is 2.91. The van der Waals surface area contributed by atoms with Gasteiger partial charge in [-0.15, -0.1) is 22.7 Å². The van der Waals surface area contributed by atoms with Gasteiger partial charge in [0, 0.05) is 23.9 Å². The second-order valence-electron chi connectivity index (χ2n) is 5.76. The van der Waals surface area contributed by atoms with Gasteiger partial charge in [-0.2, -0.15) is 4.31 Å². The Bertz CT molecular complexity index is 755. The number of amides is 1. The molecule has 1 atom stereocenters. The first-order valence-corrected chi connectivity index (χ1v) is 11.1. The predicted octanol–water partition coefficient (Wildman–Crippen LogP) is 3.06. The summed E-state index contributed by atoms with van der Waals surface area (Å²) in [5.74, 6) is -0.0957. The molecule has 0 aromatic carbocycles. The predicted molar refractivity (Wildman–Crippen MR) is 96.6 cm³/mol. The number of piperidine rings is 1. The van der Waals surface area contributed by atoms with E-state index >= 15 is 0 Å². The smallest absolute Gasteiger partial charge is 0.252 e. The number of sulfonamides is 1. The van der Waals surface area contributed by atoms with E-state index in [1.54, 1.807) is 28.8 Å². The molecular formula is C16H20N2O3S3. The summed E-state index contributed by atoms with van der Waals surface area (Å²) < 4.78 is 27.5. The quantitative estimate of drug-likeness (QED) is 0.832. The largest absolute Gasteiger partial charge is 0.351 e. The molecular weight excluding hydrogens is 364 g/mol. The molecule has 2 aromatic rings. The highest BCUT2D eigenvalue weighted by Gasteiger charge is 2.35. The zero-order chi connectivity index (χ0) is 17.0. The van der Waals surface area contributed by atoms with Crippen molar-refractivity contribution in [3.8, 4) is 0 Å². The molecule has 130 valence electrons. The lowest BCUT2D eigenvalue weighted by Gasteiger charge is -2.33. The molecule has 3 rings (SSSR count). The second kappa shape index (κ2) is 7.77. The van der Waals surface area contributed by atoms with Crippen LogP contribution >= 0.6 is 22.7 Å². The van der Waals surface area contributed by atoms with Crippen LogP contribution in [0.1, 0.15) is 30.6 Å². The van der Waals surface area contributed by atoms with Gasteiger partial charge in [-0.3, -0.25) is 4.79 Å². The maximum absolute atomic E-state index is 12.8. The minimum absolute atomic E-state index is 0.0957. The normalized spacial score (nSPS) is 19.2. The van der Waals surface area contributed by atoms with Gasteiger partial charge in [-0.25, -0.2) is 8.42 Å². The van der Waals surface area contributed by atoms with Crippen LogP contribution in [0.15, 0.2) is 39.2 Å². The number of nitrogens with zero attached hydrogens (tertiary/aromatic N) is 1. The number of hydrogen-bond acceptors (Lipinski definition) is 5. The number of carbonyl (C=O) groups is 1. The Hall–Kier alpha value is -1.22. The summed E-state index contributed by atoms with van der Waals surface area (Å²) in [6, 6.07) is 7.03. The monoisotopic (exact) mass is 384 g/mol. The Morgan fingerprint density at radius 2 is 2.00 bits per heavy atom. The van der Waals surface area contributed by atoms with Gasteiger partial charge in [-0.05, 0) is 35.7 Å². The van der Waals surface area contributed by atoms with Crippen molar-refractivity contribution in [1.82, 2.24) is 9.62 Å². The lowest BCUT2D eigenvalue weighted by Crippen LogP contribution is -2.45. The molecule has 0 aliphatic carbocycles. The molecule has 1 N–H and O–H groups in total. The van der Waals surface area contributed by atoms with Crippen molar-refractivity contribution >= 4 is 38.6 Å². The fraction of sp³-hybridized carbons (Fsp3) is 0.438. The molecule has 24 heavy (non-hydrogen) atoms. The number of rotatable bonds is 6. The molecule has 0 bridgehead atoms. The first-order valence-electron chi connectivity index (χ1n) is 7.92. The van der Waals surface area contributed by atoms with Crippen molar-refractivity contribution in [1.29, 1.82) is 0 Å². The van der Waals surface area contributed by atoms with E-state index in [9.17, 15) is 13.2 Å². The zero-order valence-electron chi connectivity index (χ0n) is 13.2. The minimum Gasteiger partial charge on any atom is -0.351 e. The third-order valence-corrected chi connectivity index (χ3v) is 8.29. The Morgan fingerprint density at radius 1 is 1.21 bits per heavy atom. The standard InChI is InChI=1S/C16H20N2O3S3/c19-15(17-12-14-6-3-9-22-14)11-13-5-1-2-8-18(13)24(20,21)16-7-4-10-23-16/h3-4,6-7,9-10,13H,1-2,5,8,11-12H2,(H,17,19). The average molecular weight is 385 g/mol. The van der Waals surface area contributed by atoms with Crippen LogP contribution in [-0.4, -0.2) is 31.2 Å². The van der Waals surface area contributed by atoms with Gasteiger partial charge in [-0.1, -0.05) is 18.6 Å². The van der Waals surface area contributed by atoms with Crippen LogP contribution in [0.2, 0.25) is 0 Å². The molecule has 2 aromatic heterocycles. The molecule has 1 unspecified atom stereocenters. The van der Waals surface area contributed by atoms with Crippen LogP contribution < -0.4 is 5.32 Å². The van der Waals surface area contributed by atoms with E-state index in [-0.39, 0.29) is 18.4 Å². The summed E-state index contributed by atoms with van der Waals surface area (Å²) in [7, 11) is -3.50. The van der Waals surface area contributed by atoms with Crippen molar-refractivity contribution < 1.29 is 13.2 Å². The van der Waals surface area contributed by atoms with Crippen LogP contribution in [0.3, 0.4) is 0 Å². The van der Waals surface area contributed by atoms with Gasteiger partial charge in [0.2, 0.25) is 5.91 Å². The molecule has 5 nitrogen and oxygen atoms in total. The molecule has 1 fully saturated rings. The summed E-state index contributed by atoms with van der Waals surface area (Å²) in [5, 5.41) is 6.63. The van der Waals surface area contributed by atoms with Crippen molar-refractivity contribution in [2.45, 2.75) is 42.5 Å². The van der Waals surface area contributed by atoms with Crippen LogP contribution in [-0.2, 0) is 21.4 Å². The van der Waals surface area contributed by atoms with E-state index in [0.29, 0.717) is 17.3 Å². The van der Waals surface area contributed by atoms with E-state index in [1.165, 1.54) is 15.6 Å². The zero-order valence-corrected chi connectivity index (χ0v) is 15.6. The Labute approximate surface area is 150 Å². The van der Waals surface area contributed by atoms with Crippen molar-refractivity contribution in [2.24, 2.45) is 0 Å². The van der Waals surface area contributed by atoms with Crippen LogP contribution in [0.25, 0.3) is 0 Å². The first kappa shape index (κ1) is 17.6. The Kier molecular flexibility index (Phi) is 5.70. The maximum atomic E-state index is 12.8. The number of carbonyl (C=O) groups excluding carboxylic acids is 1. The molecule has 8 heteroatoms. The molecule has 0 spiro atoms. The van der Waals surface area contributed by atoms with Gasteiger partial charge in [0.25, 0.3) is 10.0 Å². The van der Waals surface area contributed by atoms with E-state index < -0.39 is 10.0 Å². The lowest BCUT2D eigenvalue weighted by atomic mass is 10.0. The van der Waals surface area contributed by atoms with Crippen LogP contribution in [0.4, 0.5) is 0 Å². The van der Waals surface area contributed by atoms with Gasteiger partial charge < -0.3 is 5.32 Å². The summed E-state index contributed by atoms with van der Waals surface area (Å²) in [6.45, 7) is 0.990. The first-order chi connectivity index (χ1) is 11.6. The number of nitrogens with one attached hydrogen (secondary N) is 1. The fourth-order valence-corrected chi connectivity index (χ4v) is 6.36. The van der Waals surface area contributed by atoms with Crippen LogP contribution in [0, 0.1) is 0 Å². The van der Waals surface area contributed by atoms with Crippen molar-refractivity contribution in [3.05, 3.63) is 39.9 Å². The highest BCUT2D eigenvalue weighted by Crippen LogP contribution is 2.29. The molecule has 1 aliphatic heterocycles. The maximum Gasteiger partial charge on any atom is 0.252 e. The minimum atomic E-state index is -3.50. The molecule has 1 aliphatic rings. The third-order valence-electron chi connectivity index (χ3n) is 4.09. The van der Waals surface area contributed by atoms with Crippen LogP contribution in [0.5, 0.6) is 0 Å². The molecule has 1 saturated heterocycles. The lowest BCUT2D eigenvalue weighted by molar-refractivity contribution is -0.122. The average Bonchev–Trinajstić information content (AvgIpc) is 3.27. The van der Waals surface area contributed by atoms with Crippen molar-refractivity contribution in [2.75, 3.05) is 6.54 Å². The summed E-state index contributed by atoms with van der Waals surface area (Å²) in [5.41, 5.74) is 0. The second-order valence-corrected chi connectivity index (χ2v) is 9.85. The molecule has 1 amide bonds. The Morgan fingerprint density at radius 3 is 2.71 bits per heavy atom. The van der Waals surface area contributed by atoms with Crippen molar-refractivity contribution in [3.63, 3.8) is 0 Å². The van der Waals surface area contributed by atoms with Gasteiger partial charge in [0.1, 0.15) is 4.21 Å². The summed E-state index contributed by atoms with van der Waals surface area (Å²) in [6.07, 6.45) is 2.75. The van der Waals surface area contributed by atoms with Gasteiger partial charge in [0.05, 0.1) is 6.54 Å². The summed E-state index contributed by atoms with van der Waals surface area (Å²) >= 11 is 2.82. The molecule has 0 radical (unpaired) electrons. The highest BCUT2D eigenvalue weighted by atomic mass is 32.2. The highest BCUT2D eigenvalue weighted by molar-refractivity contribution is 7.91. The van der Waals surface area contributed by atoms with Gasteiger partial charge >= 0.3 is 0 Å². The third kappa shape index (κ3) is 4.05.